The lowest BCUT2D eigenvalue weighted by Crippen LogP contribution is -2.57. The molecular formula is C27H37FN2O2. The zero-order valence-corrected chi connectivity index (χ0v) is 19.2. The molecule has 32 heavy (non-hydrogen) atoms. The van der Waals surface area contributed by atoms with Gasteiger partial charge in [-0.2, -0.15) is 0 Å². The van der Waals surface area contributed by atoms with Crippen LogP contribution in [0, 0.1) is 29.0 Å². The topological polar surface area (TPSA) is 32.8 Å². The number of para-hydroxylation sites is 1. The van der Waals surface area contributed by atoms with E-state index < -0.39 is 0 Å². The van der Waals surface area contributed by atoms with Gasteiger partial charge < -0.3 is 9.64 Å². The molecule has 2 heterocycles. The van der Waals surface area contributed by atoms with Gasteiger partial charge >= 0.3 is 0 Å². The van der Waals surface area contributed by atoms with Crippen molar-refractivity contribution in [2.75, 3.05) is 26.2 Å². The van der Waals surface area contributed by atoms with Crippen molar-refractivity contribution in [1.29, 1.82) is 0 Å². The molecule has 2 aliphatic heterocycles. The Balaban J connectivity index is 0.999. The van der Waals surface area contributed by atoms with Crippen LogP contribution in [0.4, 0.5) is 4.39 Å². The summed E-state index contributed by atoms with van der Waals surface area (Å²) in [6.07, 6.45) is 11.9. The fourth-order valence-corrected chi connectivity index (χ4v) is 8.22. The van der Waals surface area contributed by atoms with Crippen LogP contribution in [0.5, 0.6) is 5.75 Å². The Bertz CT molecular complexity index is 807. The number of rotatable bonds is 4. The third-order valence-corrected chi connectivity index (χ3v) is 9.37. The van der Waals surface area contributed by atoms with Crippen LogP contribution < -0.4 is 4.74 Å². The molecular weight excluding hydrogens is 403 g/mol. The van der Waals surface area contributed by atoms with E-state index in [9.17, 15) is 9.18 Å². The van der Waals surface area contributed by atoms with Gasteiger partial charge in [-0.25, -0.2) is 4.39 Å². The molecule has 4 saturated carbocycles. The molecule has 0 spiro atoms. The van der Waals surface area contributed by atoms with Crippen LogP contribution >= 0.6 is 0 Å². The molecule has 4 aliphatic carbocycles. The zero-order chi connectivity index (χ0) is 21.7. The smallest absolute Gasteiger partial charge is 0.228 e. The third-order valence-electron chi connectivity index (χ3n) is 9.37. The maximum absolute atomic E-state index is 13.9. The Morgan fingerprint density at radius 1 is 0.875 bits per heavy atom. The van der Waals surface area contributed by atoms with Crippen molar-refractivity contribution < 1.29 is 13.9 Å². The Hall–Kier alpha value is -1.62. The molecule has 4 nitrogen and oxygen atoms in total. The van der Waals surface area contributed by atoms with Crippen molar-refractivity contribution in [1.82, 2.24) is 9.80 Å². The molecule has 7 rings (SSSR count). The van der Waals surface area contributed by atoms with Crippen molar-refractivity contribution in [3.63, 3.8) is 0 Å². The highest BCUT2D eigenvalue weighted by Gasteiger charge is 2.55. The van der Waals surface area contributed by atoms with Crippen LogP contribution in [-0.4, -0.2) is 54.0 Å². The van der Waals surface area contributed by atoms with Crippen LogP contribution in [0.2, 0.25) is 0 Å². The van der Waals surface area contributed by atoms with E-state index in [0.29, 0.717) is 17.7 Å². The van der Waals surface area contributed by atoms with E-state index >= 15 is 0 Å². The van der Waals surface area contributed by atoms with Gasteiger partial charge in [0.25, 0.3) is 0 Å². The first-order valence-corrected chi connectivity index (χ1v) is 13.0. The second-order valence-electron chi connectivity index (χ2n) is 11.5. The largest absolute Gasteiger partial charge is 0.487 e. The number of nitrogens with zero attached hydrogens (tertiary/aromatic N) is 2. The molecule has 0 atom stereocenters. The van der Waals surface area contributed by atoms with Gasteiger partial charge in [-0.15, -0.1) is 0 Å². The second-order valence-corrected chi connectivity index (χ2v) is 11.5. The summed E-state index contributed by atoms with van der Waals surface area (Å²) in [6, 6.07) is 7.28. The minimum atomic E-state index is -0.272. The van der Waals surface area contributed by atoms with Crippen molar-refractivity contribution in [2.45, 2.75) is 76.4 Å². The summed E-state index contributed by atoms with van der Waals surface area (Å²) in [4.78, 5) is 18.5. The number of likely N-dealkylation sites (tertiary alicyclic amines) is 2. The van der Waals surface area contributed by atoms with E-state index in [0.717, 1.165) is 69.6 Å². The number of benzene rings is 1. The zero-order valence-electron chi connectivity index (χ0n) is 19.2. The summed E-state index contributed by atoms with van der Waals surface area (Å²) in [5.41, 5.74) is 0.00395. The predicted octanol–water partition coefficient (Wildman–Crippen LogP) is 4.88. The molecule has 5 heteroatoms. The van der Waals surface area contributed by atoms with Gasteiger partial charge in [-0.1, -0.05) is 12.1 Å². The summed E-state index contributed by atoms with van der Waals surface area (Å²) in [5, 5.41) is 0. The summed E-state index contributed by atoms with van der Waals surface area (Å²) in [6.45, 7) is 3.87. The van der Waals surface area contributed by atoms with Gasteiger partial charge in [0.05, 0.1) is 5.41 Å². The van der Waals surface area contributed by atoms with Crippen LogP contribution in [0.1, 0.15) is 64.2 Å². The van der Waals surface area contributed by atoms with E-state index in [4.69, 9.17) is 4.74 Å². The first-order chi connectivity index (χ1) is 15.6. The van der Waals surface area contributed by atoms with Crippen molar-refractivity contribution in [2.24, 2.45) is 23.2 Å². The fraction of sp³-hybridized carbons (Fsp3) is 0.741. The monoisotopic (exact) mass is 440 g/mol. The molecule has 6 aliphatic rings. The molecule has 2 saturated heterocycles. The molecule has 6 fully saturated rings. The highest BCUT2D eigenvalue weighted by molar-refractivity contribution is 5.83. The second kappa shape index (κ2) is 8.30. The van der Waals surface area contributed by atoms with Crippen molar-refractivity contribution >= 4 is 5.91 Å². The highest BCUT2D eigenvalue weighted by atomic mass is 19.1. The van der Waals surface area contributed by atoms with E-state index in [1.54, 1.807) is 12.1 Å². The third kappa shape index (κ3) is 3.85. The Labute approximate surface area is 191 Å². The Kier molecular flexibility index (Phi) is 5.44. The summed E-state index contributed by atoms with van der Waals surface area (Å²) < 4.78 is 19.8. The van der Waals surface area contributed by atoms with E-state index in [1.165, 1.54) is 44.6 Å². The number of carbonyl (C=O) groups is 1. The molecule has 0 N–H and O–H groups in total. The number of hydrogen-bond donors (Lipinski definition) is 0. The number of carbonyl (C=O) groups excluding carboxylic acids is 1. The van der Waals surface area contributed by atoms with Crippen LogP contribution in [0.15, 0.2) is 24.3 Å². The molecule has 4 bridgehead atoms. The SMILES string of the molecule is O=C(N1CCC(N2CCC(Oc3ccccc3F)CC2)CC1)C12CC3CC(CC(C3)C1)C2. The lowest BCUT2D eigenvalue weighted by atomic mass is 9.49. The van der Waals surface area contributed by atoms with E-state index in [2.05, 4.69) is 9.80 Å². The maximum atomic E-state index is 13.9. The van der Waals surface area contributed by atoms with Gasteiger partial charge in [0.2, 0.25) is 5.91 Å². The molecule has 1 amide bonds. The van der Waals surface area contributed by atoms with E-state index in [1.807, 2.05) is 6.07 Å². The number of halogens is 1. The average Bonchev–Trinajstić information content (AvgIpc) is 2.80. The standard InChI is InChI=1S/C27H37FN2O2/c28-24-3-1-2-4-25(24)32-23-7-11-29(12-8-23)22-5-9-30(10-6-22)26(31)27-16-19-13-20(17-27)15-21(14-19)18-27/h1-4,19-23H,5-18H2. The minimum Gasteiger partial charge on any atom is -0.487 e. The van der Waals surface area contributed by atoms with Gasteiger partial charge in [0.1, 0.15) is 6.10 Å². The van der Waals surface area contributed by atoms with Gasteiger partial charge in [-0.3, -0.25) is 9.69 Å². The van der Waals surface area contributed by atoms with E-state index in [-0.39, 0.29) is 17.3 Å². The fourth-order valence-electron chi connectivity index (χ4n) is 8.22. The van der Waals surface area contributed by atoms with Crippen LogP contribution in [-0.2, 0) is 4.79 Å². The minimum absolute atomic E-state index is 0.00395. The molecule has 0 radical (unpaired) electrons. The first kappa shape index (κ1) is 20.9. The van der Waals surface area contributed by atoms with Gasteiger partial charge in [0, 0.05) is 32.2 Å². The van der Waals surface area contributed by atoms with Crippen molar-refractivity contribution in [3.05, 3.63) is 30.1 Å². The summed E-state index contributed by atoms with van der Waals surface area (Å²) in [5.74, 6) is 3.10. The first-order valence-electron chi connectivity index (χ1n) is 13.0. The Morgan fingerprint density at radius 3 is 2.06 bits per heavy atom. The molecule has 0 unspecified atom stereocenters. The Morgan fingerprint density at radius 2 is 1.47 bits per heavy atom. The number of hydrogen-bond acceptors (Lipinski definition) is 3. The summed E-state index contributed by atoms with van der Waals surface area (Å²) >= 11 is 0. The van der Waals surface area contributed by atoms with Gasteiger partial charge in [-0.05, 0) is 94.1 Å². The highest BCUT2D eigenvalue weighted by Crippen LogP contribution is 2.60. The summed E-state index contributed by atoms with van der Waals surface area (Å²) in [7, 11) is 0. The predicted molar refractivity (Wildman–Crippen MR) is 122 cm³/mol. The molecule has 1 aromatic rings. The quantitative estimate of drug-likeness (QED) is 0.669. The lowest BCUT2D eigenvalue weighted by molar-refractivity contribution is -0.159. The average molecular weight is 441 g/mol. The number of piperidine rings is 2. The normalized spacial score (nSPS) is 35.9. The van der Waals surface area contributed by atoms with Gasteiger partial charge in [0.15, 0.2) is 11.6 Å². The van der Waals surface area contributed by atoms with Crippen LogP contribution in [0.25, 0.3) is 0 Å². The maximum Gasteiger partial charge on any atom is 0.228 e. The molecule has 174 valence electrons. The molecule has 0 aromatic heterocycles. The number of amides is 1. The number of ether oxygens (including phenoxy) is 1. The van der Waals surface area contributed by atoms with Crippen molar-refractivity contribution in [3.8, 4) is 5.75 Å². The van der Waals surface area contributed by atoms with Crippen LogP contribution in [0.3, 0.4) is 0 Å². The lowest BCUT2D eigenvalue weighted by Gasteiger charge is -2.57. The molecule has 1 aromatic carbocycles.